The van der Waals surface area contributed by atoms with E-state index in [-0.39, 0.29) is 18.2 Å². The molecule has 0 saturated carbocycles. The molecule has 1 fully saturated rings. The molecule has 0 aromatic carbocycles. The summed E-state index contributed by atoms with van der Waals surface area (Å²) in [5, 5.41) is 0. The Morgan fingerprint density at radius 3 is 2.56 bits per heavy atom. The molecule has 0 aromatic rings. The maximum atomic E-state index is 11.9. The topological polar surface area (TPSA) is 55.8 Å². The van der Waals surface area contributed by atoms with Crippen LogP contribution in [0.4, 0.5) is 4.79 Å². The number of hydrogen-bond donors (Lipinski definition) is 0. The first kappa shape index (κ1) is 14.8. The summed E-state index contributed by atoms with van der Waals surface area (Å²) in [7, 11) is 0. The average molecular weight is 257 g/mol. The van der Waals surface area contributed by atoms with Gasteiger partial charge in [0.2, 0.25) is 0 Å². The highest BCUT2D eigenvalue weighted by Gasteiger charge is 2.29. The van der Waals surface area contributed by atoms with E-state index >= 15 is 0 Å². The second-order valence-corrected chi connectivity index (χ2v) is 5.53. The first-order valence-electron chi connectivity index (χ1n) is 6.49. The van der Waals surface area contributed by atoms with Crippen LogP contribution in [-0.2, 0) is 14.3 Å². The lowest BCUT2D eigenvalue weighted by Crippen LogP contribution is -2.45. The number of esters is 1. The number of ether oxygens (including phenoxy) is 2. The fourth-order valence-corrected chi connectivity index (χ4v) is 1.80. The van der Waals surface area contributed by atoms with Crippen molar-refractivity contribution in [3.8, 4) is 0 Å². The lowest BCUT2D eigenvalue weighted by Gasteiger charge is -2.33. The Morgan fingerprint density at radius 1 is 1.33 bits per heavy atom. The van der Waals surface area contributed by atoms with Gasteiger partial charge in [-0.25, -0.2) is 4.79 Å². The molecule has 1 rings (SSSR count). The summed E-state index contributed by atoms with van der Waals surface area (Å²) < 4.78 is 10.6. The second kappa shape index (κ2) is 6.07. The van der Waals surface area contributed by atoms with Crippen LogP contribution in [0.1, 0.15) is 47.0 Å². The number of hydrogen-bond acceptors (Lipinski definition) is 4. The molecule has 0 radical (unpaired) electrons. The molecule has 0 aliphatic carbocycles. The zero-order chi connectivity index (χ0) is 13.8. The summed E-state index contributed by atoms with van der Waals surface area (Å²) >= 11 is 0. The lowest BCUT2D eigenvalue weighted by molar-refractivity contribution is -0.151. The van der Waals surface area contributed by atoms with Gasteiger partial charge in [-0.1, -0.05) is 6.92 Å². The molecular formula is C13H23NO4. The molecule has 0 aromatic heterocycles. The van der Waals surface area contributed by atoms with Crippen molar-refractivity contribution in [3.05, 3.63) is 0 Å². The highest BCUT2D eigenvalue weighted by atomic mass is 16.6. The molecule has 1 aliphatic heterocycles. The second-order valence-electron chi connectivity index (χ2n) is 5.53. The van der Waals surface area contributed by atoms with Gasteiger partial charge in [0, 0.05) is 13.0 Å². The summed E-state index contributed by atoms with van der Waals surface area (Å²) in [6.07, 6.45) is 1.48. The molecule has 18 heavy (non-hydrogen) atoms. The van der Waals surface area contributed by atoms with Crippen LogP contribution in [0, 0.1) is 0 Å². The Kier molecular flexibility index (Phi) is 4.99. The van der Waals surface area contributed by atoms with Crippen molar-refractivity contribution < 1.29 is 19.1 Å². The number of amides is 1. The van der Waals surface area contributed by atoms with Gasteiger partial charge in [0.15, 0.2) is 0 Å². The van der Waals surface area contributed by atoms with E-state index < -0.39 is 5.60 Å². The molecule has 0 unspecified atom stereocenters. The summed E-state index contributed by atoms with van der Waals surface area (Å²) in [6.45, 7) is 8.36. The van der Waals surface area contributed by atoms with E-state index in [0.29, 0.717) is 19.5 Å². The molecular weight excluding hydrogens is 234 g/mol. The van der Waals surface area contributed by atoms with E-state index in [9.17, 15) is 9.59 Å². The van der Waals surface area contributed by atoms with Crippen molar-refractivity contribution in [3.63, 3.8) is 0 Å². The van der Waals surface area contributed by atoms with Gasteiger partial charge in [0.25, 0.3) is 0 Å². The van der Waals surface area contributed by atoms with Crippen LogP contribution in [0.3, 0.4) is 0 Å². The Morgan fingerprint density at radius 2 is 2.00 bits per heavy atom. The van der Waals surface area contributed by atoms with Crippen LogP contribution in [0.15, 0.2) is 0 Å². The van der Waals surface area contributed by atoms with Gasteiger partial charge in [-0.2, -0.15) is 0 Å². The van der Waals surface area contributed by atoms with Crippen LogP contribution in [0.2, 0.25) is 0 Å². The molecule has 1 atom stereocenters. The van der Waals surface area contributed by atoms with E-state index in [0.717, 1.165) is 12.8 Å². The molecule has 1 heterocycles. The molecule has 0 bridgehead atoms. The average Bonchev–Trinajstić information content (AvgIpc) is 2.27. The fraction of sp³-hybridized carbons (Fsp3) is 0.846. The third-order valence-electron chi connectivity index (χ3n) is 2.62. The number of carbonyl (C=O) groups is 2. The number of rotatable bonds is 2. The third-order valence-corrected chi connectivity index (χ3v) is 2.62. The van der Waals surface area contributed by atoms with Crippen LogP contribution in [0.25, 0.3) is 0 Å². The van der Waals surface area contributed by atoms with E-state index in [1.807, 2.05) is 20.8 Å². The lowest BCUT2D eigenvalue weighted by atomic mass is 10.1. The predicted octanol–water partition coefficient (Wildman–Crippen LogP) is 2.34. The van der Waals surface area contributed by atoms with Crippen molar-refractivity contribution in [2.75, 3.05) is 13.1 Å². The van der Waals surface area contributed by atoms with Gasteiger partial charge in [-0.3, -0.25) is 4.79 Å². The normalized spacial score (nSPS) is 20.4. The summed E-state index contributed by atoms with van der Waals surface area (Å²) in [4.78, 5) is 24.7. The number of piperidine rings is 1. The smallest absolute Gasteiger partial charge is 0.410 e. The van der Waals surface area contributed by atoms with Gasteiger partial charge in [0.1, 0.15) is 11.7 Å². The Balaban J connectivity index is 2.48. The van der Waals surface area contributed by atoms with E-state index in [4.69, 9.17) is 9.47 Å². The largest absolute Gasteiger partial charge is 0.460 e. The van der Waals surface area contributed by atoms with Crippen LogP contribution in [-0.4, -0.2) is 41.8 Å². The van der Waals surface area contributed by atoms with Gasteiger partial charge < -0.3 is 14.4 Å². The highest BCUT2D eigenvalue weighted by molar-refractivity contribution is 5.70. The highest BCUT2D eigenvalue weighted by Crippen LogP contribution is 2.17. The van der Waals surface area contributed by atoms with Crippen LogP contribution < -0.4 is 0 Å². The number of nitrogens with zero attached hydrogens (tertiary/aromatic N) is 1. The Hall–Kier alpha value is -1.26. The van der Waals surface area contributed by atoms with E-state index in [1.54, 1.807) is 11.8 Å². The monoisotopic (exact) mass is 257 g/mol. The van der Waals surface area contributed by atoms with Crippen LogP contribution in [0.5, 0.6) is 0 Å². The van der Waals surface area contributed by atoms with Gasteiger partial charge in [-0.05, 0) is 33.6 Å². The summed E-state index contributed by atoms with van der Waals surface area (Å²) in [6, 6.07) is 0. The van der Waals surface area contributed by atoms with Gasteiger partial charge >= 0.3 is 12.1 Å². The SMILES string of the molecule is CCC(=O)O[C@H]1CCCN(C(=O)OC(C)(C)C)C1. The van der Waals surface area contributed by atoms with Crippen molar-refractivity contribution in [2.45, 2.75) is 58.7 Å². The maximum absolute atomic E-state index is 11.9. The first-order chi connectivity index (χ1) is 8.31. The first-order valence-corrected chi connectivity index (χ1v) is 6.49. The van der Waals surface area contributed by atoms with Gasteiger partial charge in [0.05, 0.1) is 6.54 Å². The standard InChI is InChI=1S/C13H23NO4/c1-5-11(15)17-10-7-6-8-14(9-10)12(16)18-13(2,3)4/h10H,5-9H2,1-4H3/t10-/m0/s1. The minimum atomic E-state index is -0.496. The Labute approximate surface area is 108 Å². The fourth-order valence-electron chi connectivity index (χ4n) is 1.80. The summed E-state index contributed by atoms with van der Waals surface area (Å²) in [5.41, 5.74) is -0.496. The van der Waals surface area contributed by atoms with E-state index in [1.165, 1.54) is 0 Å². The van der Waals surface area contributed by atoms with Crippen LogP contribution >= 0.6 is 0 Å². The van der Waals surface area contributed by atoms with Gasteiger partial charge in [-0.15, -0.1) is 0 Å². The molecule has 0 spiro atoms. The third kappa shape index (κ3) is 4.94. The number of carbonyl (C=O) groups excluding carboxylic acids is 2. The minimum absolute atomic E-state index is 0.196. The molecule has 0 N–H and O–H groups in total. The van der Waals surface area contributed by atoms with Crippen molar-refractivity contribution in [2.24, 2.45) is 0 Å². The molecule has 5 heteroatoms. The van der Waals surface area contributed by atoms with Crippen molar-refractivity contribution >= 4 is 12.1 Å². The van der Waals surface area contributed by atoms with Crippen molar-refractivity contribution in [1.82, 2.24) is 4.90 Å². The predicted molar refractivity (Wildman–Crippen MR) is 67.2 cm³/mol. The molecule has 1 aliphatic rings. The number of likely N-dealkylation sites (tertiary alicyclic amines) is 1. The molecule has 1 saturated heterocycles. The summed E-state index contributed by atoms with van der Waals surface area (Å²) in [5.74, 6) is -0.217. The quantitative estimate of drug-likeness (QED) is 0.712. The Bertz CT molecular complexity index is 309. The molecule has 1 amide bonds. The zero-order valence-electron chi connectivity index (χ0n) is 11.7. The zero-order valence-corrected chi connectivity index (χ0v) is 11.7. The van der Waals surface area contributed by atoms with E-state index in [2.05, 4.69) is 0 Å². The maximum Gasteiger partial charge on any atom is 0.410 e. The van der Waals surface area contributed by atoms with Crippen molar-refractivity contribution in [1.29, 1.82) is 0 Å². The minimum Gasteiger partial charge on any atom is -0.460 e. The molecule has 5 nitrogen and oxygen atoms in total. The molecule has 104 valence electrons.